The van der Waals surface area contributed by atoms with Crippen molar-refractivity contribution in [3.8, 4) is 0 Å². The highest BCUT2D eigenvalue weighted by Gasteiger charge is 2.51. The molecule has 3 rings (SSSR count). The molecule has 5 N–H and O–H groups in total. The molecule has 2 aromatic rings. The Morgan fingerprint density at radius 1 is 1.18 bits per heavy atom. The minimum absolute atomic E-state index is 0. The van der Waals surface area contributed by atoms with Crippen molar-refractivity contribution in [3.63, 3.8) is 0 Å². The van der Waals surface area contributed by atoms with Crippen molar-refractivity contribution >= 4 is 35.1 Å². The highest BCUT2D eigenvalue weighted by atomic mass is 35.5. The number of likely N-dealkylation sites (tertiary alicyclic amines) is 1. The summed E-state index contributed by atoms with van der Waals surface area (Å²) in [5.74, 6) is -1.21. The van der Waals surface area contributed by atoms with E-state index >= 15 is 0 Å². The van der Waals surface area contributed by atoms with E-state index in [4.69, 9.17) is 23.2 Å². The molecule has 1 saturated heterocycles. The van der Waals surface area contributed by atoms with E-state index in [9.17, 15) is 14.7 Å². The standard InChI is InChI=1S/C25H30Cl2N2O3.H3N/c1-16(11-12-28-3)29-23(17-7-9-19(26)10-8-17)21(18-5-4-6-20(27)13-18)14-25(2,24(29)32)15-22(30)31;/h4-10,13,16,21,23,28H,11-12,14-15H2,1-3H3,(H,30,31);1H3/t16-,21+,23+,25+;/m0./s1. The van der Waals surface area contributed by atoms with Crippen LogP contribution in [-0.2, 0) is 9.59 Å². The number of nitrogens with one attached hydrogen (secondary N) is 1. The van der Waals surface area contributed by atoms with E-state index in [1.807, 2.05) is 67.4 Å². The summed E-state index contributed by atoms with van der Waals surface area (Å²) in [5.41, 5.74) is 0.948. The number of carboxylic acids is 1. The summed E-state index contributed by atoms with van der Waals surface area (Å²) in [4.78, 5) is 27.5. The molecule has 0 radical (unpaired) electrons. The maximum Gasteiger partial charge on any atom is 0.304 e. The number of hydrogen-bond acceptors (Lipinski definition) is 4. The molecule has 180 valence electrons. The number of piperidine rings is 1. The molecule has 2 aromatic carbocycles. The fourth-order valence-electron chi connectivity index (χ4n) is 4.85. The maximum absolute atomic E-state index is 13.9. The Kier molecular flexibility index (Phi) is 9.32. The van der Waals surface area contributed by atoms with Gasteiger partial charge in [-0.15, -0.1) is 0 Å². The van der Waals surface area contributed by atoms with Gasteiger partial charge < -0.3 is 21.5 Å². The van der Waals surface area contributed by atoms with Crippen LogP contribution in [0.15, 0.2) is 48.5 Å². The quantitative estimate of drug-likeness (QED) is 0.437. The van der Waals surface area contributed by atoms with Gasteiger partial charge in [0, 0.05) is 22.0 Å². The molecule has 1 fully saturated rings. The van der Waals surface area contributed by atoms with E-state index in [-0.39, 0.29) is 36.5 Å². The number of aliphatic carboxylic acids is 1. The topological polar surface area (TPSA) is 105 Å². The number of carboxylic acid groups (broad SMARTS) is 1. The van der Waals surface area contributed by atoms with Crippen LogP contribution in [-0.4, -0.2) is 41.5 Å². The molecule has 1 aliphatic heterocycles. The van der Waals surface area contributed by atoms with E-state index in [2.05, 4.69) is 5.32 Å². The van der Waals surface area contributed by atoms with Crippen molar-refractivity contribution in [1.82, 2.24) is 16.4 Å². The molecule has 1 aliphatic rings. The van der Waals surface area contributed by atoms with Crippen LogP contribution in [0.2, 0.25) is 10.0 Å². The summed E-state index contributed by atoms with van der Waals surface area (Å²) < 4.78 is 0. The van der Waals surface area contributed by atoms with Crippen molar-refractivity contribution in [1.29, 1.82) is 0 Å². The molecule has 0 unspecified atom stereocenters. The van der Waals surface area contributed by atoms with Crippen molar-refractivity contribution in [3.05, 3.63) is 69.7 Å². The summed E-state index contributed by atoms with van der Waals surface area (Å²) in [6.45, 7) is 4.55. The molecule has 0 aliphatic carbocycles. The number of carbonyl (C=O) groups excluding carboxylic acids is 1. The Morgan fingerprint density at radius 2 is 1.85 bits per heavy atom. The molecular weight excluding hydrogens is 461 g/mol. The van der Waals surface area contributed by atoms with Crippen molar-refractivity contribution in [2.45, 2.75) is 51.1 Å². The van der Waals surface area contributed by atoms with Crippen LogP contribution < -0.4 is 11.5 Å². The first-order valence-corrected chi connectivity index (χ1v) is 11.6. The highest BCUT2D eigenvalue weighted by Crippen LogP contribution is 2.52. The van der Waals surface area contributed by atoms with E-state index in [1.54, 1.807) is 6.92 Å². The summed E-state index contributed by atoms with van der Waals surface area (Å²) in [5, 5.41) is 14.0. The zero-order chi connectivity index (χ0) is 23.5. The second-order valence-electron chi connectivity index (χ2n) is 8.95. The summed E-state index contributed by atoms with van der Waals surface area (Å²) in [6.07, 6.45) is 0.949. The molecule has 0 aromatic heterocycles. The third-order valence-electron chi connectivity index (χ3n) is 6.42. The lowest BCUT2D eigenvalue weighted by Gasteiger charge is -2.51. The van der Waals surface area contributed by atoms with Gasteiger partial charge in [0.25, 0.3) is 0 Å². The van der Waals surface area contributed by atoms with Gasteiger partial charge in [-0.3, -0.25) is 9.59 Å². The third-order valence-corrected chi connectivity index (χ3v) is 6.91. The Hall–Kier alpha value is -2.12. The van der Waals surface area contributed by atoms with Crippen LogP contribution >= 0.6 is 23.2 Å². The van der Waals surface area contributed by atoms with Gasteiger partial charge in [0.2, 0.25) is 5.91 Å². The van der Waals surface area contributed by atoms with Gasteiger partial charge in [0.1, 0.15) is 0 Å². The fraction of sp³-hybridized carbons (Fsp3) is 0.440. The molecule has 8 heteroatoms. The third kappa shape index (κ3) is 6.07. The van der Waals surface area contributed by atoms with E-state index < -0.39 is 11.4 Å². The first kappa shape index (κ1) is 27.1. The minimum Gasteiger partial charge on any atom is -0.481 e. The number of halogens is 2. The number of carbonyl (C=O) groups is 2. The molecule has 4 atom stereocenters. The van der Waals surface area contributed by atoms with Crippen LogP contribution in [0.25, 0.3) is 0 Å². The van der Waals surface area contributed by atoms with Crippen molar-refractivity contribution in [2.75, 3.05) is 13.6 Å². The number of amides is 1. The number of benzene rings is 2. The molecule has 1 heterocycles. The zero-order valence-corrected chi connectivity index (χ0v) is 20.9. The van der Waals surface area contributed by atoms with Gasteiger partial charge in [-0.2, -0.15) is 0 Å². The molecule has 33 heavy (non-hydrogen) atoms. The Labute approximate surface area is 205 Å². The predicted octanol–water partition coefficient (Wildman–Crippen LogP) is 5.69. The van der Waals surface area contributed by atoms with Gasteiger partial charge in [-0.25, -0.2) is 0 Å². The smallest absolute Gasteiger partial charge is 0.304 e. The SMILES string of the molecule is CNCC[C@H](C)N1C(=O)[C@@](C)(CC(=O)O)C[C@H](c2cccc(Cl)c2)[C@H]1c1ccc(Cl)cc1.N. The van der Waals surface area contributed by atoms with Gasteiger partial charge in [0.05, 0.1) is 17.9 Å². The second-order valence-corrected chi connectivity index (χ2v) is 9.82. The molecular formula is C25H33Cl2N3O3. The monoisotopic (exact) mass is 493 g/mol. The van der Waals surface area contributed by atoms with Crippen molar-refractivity contribution in [2.24, 2.45) is 5.41 Å². The number of hydrogen-bond donors (Lipinski definition) is 3. The van der Waals surface area contributed by atoms with E-state index in [1.165, 1.54) is 0 Å². The van der Waals surface area contributed by atoms with Crippen LogP contribution in [0.3, 0.4) is 0 Å². The first-order valence-electron chi connectivity index (χ1n) is 10.9. The molecule has 0 spiro atoms. The van der Waals surface area contributed by atoms with Crippen LogP contribution in [0, 0.1) is 5.41 Å². The van der Waals surface area contributed by atoms with Gasteiger partial charge >= 0.3 is 5.97 Å². The van der Waals surface area contributed by atoms with E-state index in [0.717, 1.165) is 24.1 Å². The maximum atomic E-state index is 13.9. The highest BCUT2D eigenvalue weighted by molar-refractivity contribution is 6.30. The van der Waals surface area contributed by atoms with Crippen LogP contribution in [0.4, 0.5) is 0 Å². The average Bonchev–Trinajstić information content (AvgIpc) is 2.74. The average molecular weight is 494 g/mol. The molecule has 1 amide bonds. The zero-order valence-electron chi connectivity index (χ0n) is 19.4. The Balaban J connectivity index is 0.00000385. The predicted molar refractivity (Wildman–Crippen MR) is 133 cm³/mol. The second kappa shape index (κ2) is 11.3. The van der Waals surface area contributed by atoms with Crippen LogP contribution in [0.1, 0.15) is 56.2 Å². The lowest BCUT2D eigenvalue weighted by molar-refractivity contribution is -0.160. The Morgan fingerprint density at radius 3 is 2.42 bits per heavy atom. The normalized spacial score (nSPS) is 23.7. The summed E-state index contributed by atoms with van der Waals surface area (Å²) in [6, 6.07) is 14.9. The first-order chi connectivity index (χ1) is 15.2. The number of nitrogens with zero attached hydrogens (tertiary/aromatic N) is 1. The van der Waals surface area contributed by atoms with Crippen molar-refractivity contribution < 1.29 is 14.7 Å². The fourth-order valence-corrected chi connectivity index (χ4v) is 5.18. The van der Waals surface area contributed by atoms with E-state index in [0.29, 0.717) is 16.5 Å². The lowest BCUT2D eigenvalue weighted by Crippen LogP contribution is -2.55. The number of rotatable bonds is 8. The van der Waals surface area contributed by atoms with Crippen LogP contribution in [0.5, 0.6) is 0 Å². The van der Waals surface area contributed by atoms with Gasteiger partial charge in [-0.05, 0) is 68.8 Å². The minimum atomic E-state index is -1.02. The lowest BCUT2D eigenvalue weighted by atomic mass is 9.67. The summed E-state index contributed by atoms with van der Waals surface area (Å²) in [7, 11) is 1.88. The summed E-state index contributed by atoms with van der Waals surface area (Å²) >= 11 is 12.5. The molecule has 6 nitrogen and oxygen atoms in total. The molecule has 0 saturated carbocycles. The molecule has 0 bridgehead atoms. The largest absolute Gasteiger partial charge is 0.481 e. The Bertz CT molecular complexity index is 970. The van der Waals surface area contributed by atoms with Gasteiger partial charge in [-0.1, -0.05) is 54.4 Å². The van der Waals surface area contributed by atoms with Gasteiger partial charge in [0.15, 0.2) is 0 Å².